The van der Waals surface area contributed by atoms with Crippen molar-refractivity contribution in [1.82, 2.24) is 20.2 Å². The number of unbranched alkanes of at least 4 members (excludes halogenated alkanes) is 2. The number of hydrogen-bond donors (Lipinski definition) is 2. The van der Waals surface area contributed by atoms with Crippen LogP contribution in [0.15, 0.2) is 36.5 Å². The standard InChI is InChI=1S/C24H34N4O2.2ClH/c1-18(29)9-5-3-8-12-21(27-24(30)20-13-15-28(2)16-14-20)23-25-17-22(26-23)19-10-6-4-7-11-19;;/h4,6-7,10-11,17,20-21H,3,5,8-9,12-16H2,1-2H3,(H,25,26)(H,27,30);2*1H. The third-order valence-corrected chi connectivity index (χ3v) is 5.94. The molecule has 6 nitrogen and oxygen atoms in total. The molecule has 0 aliphatic carbocycles. The number of amides is 1. The number of hydrogen-bond acceptors (Lipinski definition) is 4. The quantitative estimate of drug-likeness (QED) is 0.469. The van der Waals surface area contributed by atoms with Gasteiger partial charge in [-0.2, -0.15) is 0 Å². The fourth-order valence-electron chi connectivity index (χ4n) is 4.01. The number of piperidine rings is 1. The highest BCUT2D eigenvalue weighted by Gasteiger charge is 2.26. The number of benzene rings is 1. The molecule has 1 aromatic carbocycles. The fraction of sp³-hybridized carbons (Fsp3) is 0.542. The lowest BCUT2D eigenvalue weighted by Gasteiger charge is -2.29. The number of carbonyl (C=O) groups excluding carboxylic acids is 2. The highest BCUT2D eigenvalue weighted by molar-refractivity contribution is 5.85. The number of H-pyrrole nitrogens is 1. The van der Waals surface area contributed by atoms with Gasteiger partial charge in [0.15, 0.2) is 0 Å². The van der Waals surface area contributed by atoms with Crippen molar-refractivity contribution in [2.45, 2.75) is 57.9 Å². The molecule has 2 N–H and O–H groups in total. The van der Waals surface area contributed by atoms with Crippen LogP contribution in [0.4, 0.5) is 0 Å². The molecule has 8 heteroatoms. The van der Waals surface area contributed by atoms with Gasteiger partial charge in [-0.3, -0.25) is 4.79 Å². The Morgan fingerprint density at radius 2 is 1.81 bits per heavy atom. The van der Waals surface area contributed by atoms with Gasteiger partial charge in [-0.25, -0.2) is 4.98 Å². The van der Waals surface area contributed by atoms with Gasteiger partial charge < -0.3 is 20.0 Å². The number of likely N-dealkylation sites (tertiary alicyclic amines) is 1. The zero-order valence-electron chi connectivity index (χ0n) is 19.0. The minimum absolute atomic E-state index is 0. The number of aromatic amines is 1. The molecule has 1 saturated heterocycles. The van der Waals surface area contributed by atoms with Crippen LogP contribution in [-0.4, -0.2) is 46.7 Å². The average molecular weight is 483 g/mol. The lowest BCUT2D eigenvalue weighted by Crippen LogP contribution is -2.40. The molecule has 1 unspecified atom stereocenters. The monoisotopic (exact) mass is 482 g/mol. The van der Waals surface area contributed by atoms with Crippen molar-refractivity contribution in [2.75, 3.05) is 20.1 Å². The SMILES string of the molecule is CC(=O)CCCCCC(NC(=O)C1CCN(C)CC1)c1ncc(-c2ccccc2)[nH]1.Cl.Cl. The number of ketones is 1. The maximum Gasteiger partial charge on any atom is 0.223 e. The fourth-order valence-corrected chi connectivity index (χ4v) is 4.01. The highest BCUT2D eigenvalue weighted by Crippen LogP contribution is 2.24. The van der Waals surface area contributed by atoms with Crippen LogP contribution in [0.2, 0.25) is 0 Å². The Kier molecular flexibility index (Phi) is 12.6. The number of carbonyl (C=O) groups is 2. The smallest absolute Gasteiger partial charge is 0.223 e. The van der Waals surface area contributed by atoms with Gasteiger partial charge in [-0.05, 0) is 58.3 Å². The average Bonchev–Trinajstić information content (AvgIpc) is 3.23. The number of nitrogens with one attached hydrogen (secondary N) is 2. The van der Waals surface area contributed by atoms with Gasteiger partial charge >= 0.3 is 0 Å². The minimum Gasteiger partial charge on any atom is -0.346 e. The van der Waals surface area contributed by atoms with E-state index in [4.69, 9.17) is 0 Å². The van der Waals surface area contributed by atoms with E-state index < -0.39 is 0 Å². The van der Waals surface area contributed by atoms with Crippen molar-refractivity contribution in [3.05, 3.63) is 42.4 Å². The number of halogens is 2. The van der Waals surface area contributed by atoms with Crippen LogP contribution in [0.1, 0.15) is 63.7 Å². The maximum absolute atomic E-state index is 12.9. The van der Waals surface area contributed by atoms with E-state index >= 15 is 0 Å². The number of aromatic nitrogens is 2. The molecule has 1 aromatic heterocycles. The Morgan fingerprint density at radius 1 is 1.12 bits per heavy atom. The largest absolute Gasteiger partial charge is 0.346 e. The van der Waals surface area contributed by atoms with Crippen LogP contribution in [0, 0.1) is 5.92 Å². The molecule has 1 atom stereocenters. The van der Waals surface area contributed by atoms with Crippen LogP contribution in [0.25, 0.3) is 11.3 Å². The second-order valence-corrected chi connectivity index (χ2v) is 8.49. The molecule has 3 rings (SSSR count). The van der Waals surface area contributed by atoms with Gasteiger partial charge in [0.1, 0.15) is 11.6 Å². The van der Waals surface area contributed by atoms with Crippen molar-refractivity contribution in [3.8, 4) is 11.3 Å². The number of imidazole rings is 1. The van der Waals surface area contributed by atoms with E-state index in [9.17, 15) is 9.59 Å². The van der Waals surface area contributed by atoms with E-state index in [1.165, 1.54) is 0 Å². The predicted octanol–water partition coefficient (Wildman–Crippen LogP) is 4.96. The molecule has 178 valence electrons. The summed E-state index contributed by atoms with van der Waals surface area (Å²) < 4.78 is 0. The van der Waals surface area contributed by atoms with Crippen molar-refractivity contribution < 1.29 is 9.59 Å². The summed E-state index contributed by atoms with van der Waals surface area (Å²) in [5.74, 6) is 1.25. The van der Waals surface area contributed by atoms with E-state index in [1.807, 2.05) is 36.5 Å². The topological polar surface area (TPSA) is 78.1 Å². The van der Waals surface area contributed by atoms with Gasteiger partial charge in [0.25, 0.3) is 0 Å². The first kappa shape index (κ1) is 28.1. The Balaban J connectivity index is 0.00000256. The second kappa shape index (κ2) is 14.3. The zero-order chi connectivity index (χ0) is 21.3. The molecule has 32 heavy (non-hydrogen) atoms. The Hall–Kier alpha value is -1.89. The van der Waals surface area contributed by atoms with E-state index in [2.05, 4.69) is 27.2 Å². The van der Waals surface area contributed by atoms with Crippen LogP contribution in [0.5, 0.6) is 0 Å². The van der Waals surface area contributed by atoms with E-state index in [0.29, 0.717) is 6.42 Å². The molecular formula is C24H36Cl2N4O2. The molecule has 1 amide bonds. The lowest BCUT2D eigenvalue weighted by molar-refractivity contribution is -0.127. The third-order valence-electron chi connectivity index (χ3n) is 5.94. The van der Waals surface area contributed by atoms with Crippen LogP contribution < -0.4 is 5.32 Å². The van der Waals surface area contributed by atoms with E-state index in [-0.39, 0.29) is 48.5 Å². The molecule has 1 aliphatic heterocycles. The molecule has 0 saturated carbocycles. The first-order valence-electron chi connectivity index (χ1n) is 11.1. The number of rotatable bonds is 10. The summed E-state index contributed by atoms with van der Waals surface area (Å²) in [6, 6.07) is 9.96. The molecule has 2 aromatic rings. The Bertz CT molecular complexity index is 820. The first-order chi connectivity index (χ1) is 14.5. The van der Waals surface area contributed by atoms with Crippen LogP contribution in [0.3, 0.4) is 0 Å². The summed E-state index contributed by atoms with van der Waals surface area (Å²) >= 11 is 0. The summed E-state index contributed by atoms with van der Waals surface area (Å²) in [6.07, 6.45) is 7.93. The summed E-state index contributed by atoms with van der Waals surface area (Å²) in [7, 11) is 2.10. The molecular weight excluding hydrogens is 447 g/mol. The van der Waals surface area contributed by atoms with E-state index in [0.717, 1.165) is 68.7 Å². The Morgan fingerprint density at radius 3 is 2.47 bits per heavy atom. The lowest BCUT2D eigenvalue weighted by atomic mass is 9.95. The summed E-state index contributed by atoms with van der Waals surface area (Å²) in [4.78, 5) is 34.4. The summed E-state index contributed by atoms with van der Waals surface area (Å²) in [5, 5.41) is 3.26. The van der Waals surface area contributed by atoms with Gasteiger partial charge in [0.2, 0.25) is 5.91 Å². The normalized spacial score (nSPS) is 15.3. The molecule has 1 fully saturated rings. The molecule has 0 radical (unpaired) electrons. The third kappa shape index (κ3) is 8.57. The molecule has 0 bridgehead atoms. The first-order valence-corrected chi connectivity index (χ1v) is 11.1. The minimum atomic E-state index is -0.132. The molecule has 1 aliphatic rings. The molecule has 2 heterocycles. The van der Waals surface area contributed by atoms with E-state index in [1.54, 1.807) is 6.92 Å². The zero-order valence-corrected chi connectivity index (χ0v) is 20.6. The highest BCUT2D eigenvalue weighted by atomic mass is 35.5. The van der Waals surface area contributed by atoms with Crippen LogP contribution in [-0.2, 0) is 9.59 Å². The van der Waals surface area contributed by atoms with Gasteiger partial charge in [0.05, 0.1) is 17.9 Å². The van der Waals surface area contributed by atoms with Gasteiger partial charge in [-0.1, -0.05) is 43.2 Å². The van der Waals surface area contributed by atoms with Crippen molar-refractivity contribution in [1.29, 1.82) is 0 Å². The van der Waals surface area contributed by atoms with Crippen molar-refractivity contribution in [2.24, 2.45) is 5.92 Å². The van der Waals surface area contributed by atoms with Gasteiger partial charge in [-0.15, -0.1) is 24.8 Å². The summed E-state index contributed by atoms with van der Waals surface area (Å²) in [5.41, 5.74) is 2.04. The predicted molar refractivity (Wildman–Crippen MR) is 133 cm³/mol. The van der Waals surface area contributed by atoms with Crippen LogP contribution >= 0.6 is 24.8 Å². The van der Waals surface area contributed by atoms with Gasteiger partial charge in [0, 0.05) is 12.3 Å². The second-order valence-electron chi connectivity index (χ2n) is 8.49. The van der Waals surface area contributed by atoms with Crippen molar-refractivity contribution >= 4 is 36.5 Å². The number of nitrogens with zero attached hydrogens (tertiary/aromatic N) is 2. The summed E-state index contributed by atoms with van der Waals surface area (Å²) in [6.45, 7) is 3.57. The molecule has 0 spiro atoms. The Labute approximate surface area is 203 Å². The number of Topliss-reactive ketones (excluding diaryl/α,β-unsaturated/α-hetero) is 1. The maximum atomic E-state index is 12.9. The van der Waals surface area contributed by atoms with Crippen molar-refractivity contribution in [3.63, 3.8) is 0 Å².